The van der Waals surface area contributed by atoms with Crippen molar-refractivity contribution in [3.63, 3.8) is 0 Å². The van der Waals surface area contributed by atoms with E-state index in [1.807, 2.05) is 54.6 Å². The number of benzene rings is 2. The Labute approximate surface area is 154 Å². The van der Waals surface area contributed by atoms with Crippen LogP contribution in [0.3, 0.4) is 0 Å². The van der Waals surface area contributed by atoms with Crippen LogP contribution >= 0.6 is 0 Å². The van der Waals surface area contributed by atoms with Crippen molar-refractivity contribution in [2.75, 3.05) is 26.2 Å². The van der Waals surface area contributed by atoms with E-state index in [0.29, 0.717) is 18.9 Å². The molecule has 1 aliphatic rings. The van der Waals surface area contributed by atoms with E-state index >= 15 is 0 Å². The minimum Gasteiger partial charge on any atom is -0.489 e. The number of ether oxygens (including phenoxy) is 2. The smallest absolute Gasteiger partial charge is 0.258 e. The van der Waals surface area contributed by atoms with Crippen LogP contribution in [0, 0.1) is 0 Å². The van der Waals surface area contributed by atoms with Crippen molar-refractivity contribution in [3.05, 3.63) is 71.8 Å². The molecule has 26 heavy (non-hydrogen) atoms. The number of hydrogen-bond donors (Lipinski definition) is 2. The average Bonchev–Trinajstić information content (AvgIpc) is 2.71. The molecule has 5 heteroatoms. The molecule has 2 N–H and O–H groups in total. The van der Waals surface area contributed by atoms with E-state index in [4.69, 9.17) is 9.47 Å². The second kappa shape index (κ2) is 9.63. The fourth-order valence-corrected chi connectivity index (χ4v) is 2.62. The Bertz CT molecular complexity index is 727. The lowest BCUT2D eigenvalue weighted by molar-refractivity contribution is -0.122. The van der Waals surface area contributed by atoms with Crippen molar-refractivity contribution in [1.29, 1.82) is 0 Å². The Balaban J connectivity index is 1.38. The molecule has 0 bridgehead atoms. The standard InChI is InChI=1S/C21H24N2O3/c24-21(23-14-17-10-12-22-13-11-17)16-26-20-8-6-19(7-9-20)25-15-18-4-2-1-3-5-18/h1-10,22H,11-16H2,(H,23,24). The second-order valence-electron chi connectivity index (χ2n) is 6.13. The summed E-state index contributed by atoms with van der Waals surface area (Å²) in [6, 6.07) is 17.3. The van der Waals surface area contributed by atoms with Gasteiger partial charge in [-0.2, -0.15) is 0 Å². The second-order valence-corrected chi connectivity index (χ2v) is 6.13. The summed E-state index contributed by atoms with van der Waals surface area (Å²) in [6.45, 7) is 2.97. The molecule has 0 aromatic heterocycles. The first-order valence-corrected chi connectivity index (χ1v) is 8.84. The Hall–Kier alpha value is -2.79. The molecule has 0 fully saturated rings. The van der Waals surface area contributed by atoms with Crippen molar-refractivity contribution in [3.8, 4) is 11.5 Å². The molecule has 0 saturated carbocycles. The summed E-state index contributed by atoms with van der Waals surface area (Å²) in [5.74, 6) is 1.30. The largest absolute Gasteiger partial charge is 0.489 e. The minimum absolute atomic E-state index is 0.00967. The third-order valence-electron chi connectivity index (χ3n) is 4.11. The van der Waals surface area contributed by atoms with Crippen molar-refractivity contribution < 1.29 is 14.3 Å². The normalized spacial score (nSPS) is 13.6. The van der Waals surface area contributed by atoms with Gasteiger partial charge in [0.2, 0.25) is 0 Å². The van der Waals surface area contributed by atoms with Crippen LogP contribution in [-0.4, -0.2) is 32.1 Å². The third kappa shape index (κ3) is 5.93. The molecule has 1 aliphatic heterocycles. The highest BCUT2D eigenvalue weighted by Crippen LogP contribution is 2.18. The molecular formula is C21H24N2O3. The Morgan fingerprint density at radius 3 is 2.42 bits per heavy atom. The van der Waals surface area contributed by atoms with Gasteiger partial charge in [-0.15, -0.1) is 0 Å². The molecule has 0 unspecified atom stereocenters. The van der Waals surface area contributed by atoms with E-state index < -0.39 is 0 Å². The summed E-state index contributed by atoms with van der Waals surface area (Å²) >= 11 is 0. The van der Waals surface area contributed by atoms with E-state index in [-0.39, 0.29) is 12.5 Å². The van der Waals surface area contributed by atoms with Gasteiger partial charge >= 0.3 is 0 Å². The van der Waals surface area contributed by atoms with Crippen LogP contribution in [0.5, 0.6) is 11.5 Å². The topological polar surface area (TPSA) is 59.6 Å². The summed E-state index contributed by atoms with van der Waals surface area (Å²) < 4.78 is 11.3. The lowest BCUT2D eigenvalue weighted by atomic mass is 10.1. The van der Waals surface area contributed by atoms with Crippen molar-refractivity contribution in [1.82, 2.24) is 10.6 Å². The number of carbonyl (C=O) groups excluding carboxylic acids is 1. The van der Waals surface area contributed by atoms with E-state index in [1.165, 1.54) is 5.57 Å². The van der Waals surface area contributed by atoms with Crippen LogP contribution < -0.4 is 20.1 Å². The maximum absolute atomic E-state index is 11.9. The van der Waals surface area contributed by atoms with Gasteiger partial charge in [-0.25, -0.2) is 0 Å². The predicted octanol–water partition coefficient (Wildman–Crippen LogP) is 2.68. The Morgan fingerprint density at radius 1 is 1.00 bits per heavy atom. The van der Waals surface area contributed by atoms with Gasteiger partial charge in [0.05, 0.1) is 0 Å². The highest BCUT2D eigenvalue weighted by Gasteiger charge is 2.06. The zero-order valence-corrected chi connectivity index (χ0v) is 14.7. The summed E-state index contributed by atoms with van der Waals surface area (Å²) in [5, 5.41) is 6.14. The van der Waals surface area contributed by atoms with Gasteiger partial charge in [0.15, 0.2) is 6.61 Å². The molecule has 0 atom stereocenters. The van der Waals surface area contributed by atoms with Gasteiger partial charge in [0, 0.05) is 13.1 Å². The van der Waals surface area contributed by atoms with Crippen molar-refractivity contribution >= 4 is 5.91 Å². The van der Waals surface area contributed by atoms with E-state index in [0.717, 1.165) is 30.8 Å². The van der Waals surface area contributed by atoms with Gasteiger partial charge in [0.25, 0.3) is 5.91 Å². The molecule has 2 aromatic rings. The third-order valence-corrected chi connectivity index (χ3v) is 4.11. The first-order valence-electron chi connectivity index (χ1n) is 8.84. The molecule has 0 spiro atoms. The number of nitrogens with one attached hydrogen (secondary N) is 2. The summed E-state index contributed by atoms with van der Waals surface area (Å²) in [7, 11) is 0. The van der Waals surface area contributed by atoms with Crippen molar-refractivity contribution in [2.45, 2.75) is 13.0 Å². The first kappa shape index (κ1) is 18.0. The number of carbonyl (C=O) groups is 1. The Kier molecular flexibility index (Phi) is 6.67. The first-order chi connectivity index (χ1) is 12.8. The number of hydrogen-bond acceptors (Lipinski definition) is 4. The lowest BCUT2D eigenvalue weighted by Crippen LogP contribution is -2.32. The molecule has 0 radical (unpaired) electrons. The average molecular weight is 352 g/mol. The van der Waals surface area contributed by atoms with Crippen LogP contribution in [0.15, 0.2) is 66.2 Å². The zero-order chi connectivity index (χ0) is 18.0. The highest BCUT2D eigenvalue weighted by molar-refractivity contribution is 5.77. The molecule has 3 rings (SSSR count). The van der Waals surface area contributed by atoms with Crippen LogP contribution in [0.25, 0.3) is 0 Å². The van der Waals surface area contributed by atoms with Gasteiger partial charge in [-0.3, -0.25) is 4.79 Å². The lowest BCUT2D eigenvalue weighted by Gasteiger charge is -2.14. The summed E-state index contributed by atoms with van der Waals surface area (Å²) in [5.41, 5.74) is 2.38. The minimum atomic E-state index is -0.117. The van der Waals surface area contributed by atoms with Crippen LogP contribution in [0.4, 0.5) is 0 Å². The number of amides is 1. The van der Waals surface area contributed by atoms with E-state index in [9.17, 15) is 4.79 Å². The molecule has 5 nitrogen and oxygen atoms in total. The fraction of sp³-hybridized carbons (Fsp3) is 0.286. The predicted molar refractivity (Wildman–Crippen MR) is 101 cm³/mol. The quantitative estimate of drug-likeness (QED) is 0.717. The van der Waals surface area contributed by atoms with Crippen LogP contribution in [0.2, 0.25) is 0 Å². The highest BCUT2D eigenvalue weighted by atomic mass is 16.5. The van der Waals surface area contributed by atoms with Gasteiger partial charge in [-0.05, 0) is 42.8 Å². The molecule has 136 valence electrons. The Morgan fingerprint density at radius 2 is 1.73 bits per heavy atom. The molecule has 2 aromatic carbocycles. The van der Waals surface area contributed by atoms with Crippen molar-refractivity contribution in [2.24, 2.45) is 0 Å². The SMILES string of the molecule is O=C(COc1ccc(OCc2ccccc2)cc1)NCC1=CCNCC1. The van der Waals surface area contributed by atoms with Gasteiger partial charge in [0.1, 0.15) is 18.1 Å². The molecular weight excluding hydrogens is 328 g/mol. The van der Waals surface area contributed by atoms with Crippen LogP contribution in [0.1, 0.15) is 12.0 Å². The van der Waals surface area contributed by atoms with E-state index in [1.54, 1.807) is 0 Å². The van der Waals surface area contributed by atoms with Crippen LogP contribution in [-0.2, 0) is 11.4 Å². The van der Waals surface area contributed by atoms with E-state index in [2.05, 4.69) is 16.7 Å². The monoisotopic (exact) mass is 352 g/mol. The maximum Gasteiger partial charge on any atom is 0.258 e. The molecule has 1 amide bonds. The molecule has 1 heterocycles. The molecule has 0 saturated heterocycles. The van der Waals surface area contributed by atoms with Gasteiger partial charge < -0.3 is 20.1 Å². The van der Waals surface area contributed by atoms with Gasteiger partial charge in [-0.1, -0.05) is 42.0 Å². The number of rotatable bonds is 8. The maximum atomic E-state index is 11.9. The summed E-state index contributed by atoms with van der Waals surface area (Å²) in [4.78, 5) is 11.9. The zero-order valence-electron chi connectivity index (χ0n) is 14.7. The fourth-order valence-electron chi connectivity index (χ4n) is 2.62. The molecule has 0 aliphatic carbocycles. The summed E-state index contributed by atoms with van der Waals surface area (Å²) in [6.07, 6.45) is 3.10.